The van der Waals surface area contributed by atoms with Crippen LogP contribution in [0.2, 0.25) is 0 Å². The Morgan fingerprint density at radius 2 is 1.48 bits per heavy atom. The zero-order chi connectivity index (χ0) is 59.9. The number of nitrogens with two attached hydrogens (primary N) is 1. The number of rotatable bonds is 12. The normalized spacial score (nSPS) is 39.2. The van der Waals surface area contributed by atoms with E-state index in [1.807, 2.05) is 26.8 Å². The second kappa shape index (κ2) is 35.4. The summed E-state index contributed by atoms with van der Waals surface area (Å²) in [4.78, 5) is 41.8. The van der Waals surface area contributed by atoms with Crippen LogP contribution in [0.1, 0.15) is 165 Å². The Morgan fingerprint density at radius 3 is 2.13 bits per heavy atom. The van der Waals surface area contributed by atoms with Gasteiger partial charge < -0.3 is 86.5 Å². The number of cyclic esters (lactones) is 1. The highest BCUT2D eigenvalue weighted by Gasteiger charge is 2.50. The van der Waals surface area contributed by atoms with Gasteiger partial charge in [0.1, 0.15) is 24.7 Å². The molecule has 0 amide bonds. The first-order valence-electron chi connectivity index (χ1n) is 28.7. The van der Waals surface area contributed by atoms with Gasteiger partial charge in [-0.1, -0.05) is 77.8 Å². The first kappa shape index (κ1) is 71.5. The van der Waals surface area contributed by atoms with Crippen molar-refractivity contribution in [2.45, 2.75) is 250 Å². The van der Waals surface area contributed by atoms with Gasteiger partial charge in [-0.3, -0.25) is 19.4 Å². The number of carbonyl (C=O) groups is 3. The molecule has 0 aromatic rings. The topological polar surface area (TPSA) is 372 Å². The van der Waals surface area contributed by atoms with Crippen molar-refractivity contribution in [1.82, 2.24) is 5.32 Å². The Morgan fingerprint density at radius 1 is 0.823 bits per heavy atom. The number of hydrogen-bond donors (Lipinski definition) is 14. The van der Waals surface area contributed by atoms with Crippen LogP contribution in [0.15, 0.2) is 40.4 Å². The zero-order valence-electron chi connectivity index (χ0n) is 48.7. The molecule has 21 nitrogen and oxygen atoms in total. The molecule has 0 aromatic carbocycles. The predicted molar refractivity (Wildman–Crippen MR) is 298 cm³/mol. The van der Waals surface area contributed by atoms with Gasteiger partial charge in [0.05, 0.1) is 67.0 Å². The molecule has 1 saturated heterocycles. The number of nitrogens with zero attached hydrogens (tertiary/aromatic N) is 1. The number of guanidine groups is 1. The third-order valence-corrected chi connectivity index (χ3v) is 16.3. The maximum Gasteiger partial charge on any atom is 0.317 e. The molecule has 2 aliphatic rings. The van der Waals surface area contributed by atoms with Gasteiger partial charge in [0.2, 0.25) is 0 Å². The SMILES string of the molecule is CN=C(N)NCCCCC/C=C(\C)CC(C)C1OC(=O)C(C)C(O)/C=C/C(C)C(O)CC(O)C(C)C(O)CCC(C)C(O)CC2(O)OC(CC(OC(=O)CC(=O)O)CC(O)CC(O)C(C)C(O)/C(C)=C/CCC1C)CC(O)C2O. The molecule has 0 aliphatic carbocycles. The molecule has 79 heavy (non-hydrogen) atoms. The van der Waals surface area contributed by atoms with Gasteiger partial charge in [-0.15, -0.1) is 0 Å². The molecule has 458 valence electrons. The van der Waals surface area contributed by atoms with Crippen LogP contribution in [0.4, 0.5) is 0 Å². The Balaban J connectivity index is 2.47. The summed E-state index contributed by atoms with van der Waals surface area (Å²) in [7, 11) is 1.63. The van der Waals surface area contributed by atoms with Gasteiger partial charge in [-0.2, -0.15) is 0 Å². The fourth-order valence-electron chi connectivity index (χ4n) is 10.5. The second-order valence-electron chi connectivity index (χ2n) is 23.4. The van der Waals surface area contributed by atoms with Gasteiger partial charge >= 0.3 is 17.9 Å². The number of carboxylic acid groups (broad SMARTS) is 1. The number of aliphatic carboxylic acids is 1. The minimum absolute atomic E-state index is 0.0732. The summed E-state index contributed by atoms with van der Waals surface area (Å²) in [5.41, 5.74) is 7.39. The molecule has 2 aliphatic heterocycles. The lowest BCUT2D eigenvalue weighted by Gasteiger charge is -2.45. The number of fused-ring (bicyclic) bond motifs is 2. The second-order valence-corrected chi connectivity index (χ2v) is 23.4. The number of esters is 2. The lowest BCUT2D eigenvalue weighted by molar-refractivity contribution is -0.333. The number of aliphatic imine (C=N–C) groups is 1. The Bertz CT molecular complexity index is 1940. The summed E-state index contributed by atoms with van der Waals surface area (Å²) in [5, 5.41) is 136. The number of unbranched alkanes of at least 4 members (excludes halogenated alkanes) is 3. The number of nitrogens with one attached hydrogen (secondary N) is 1. The quantitative estimate of drug-likeness (QED) is 0.0333. The number of allylic oxidation sites excluding steroid dienone is 3. The van der Waals surface area contributed by atoms with Crippen molar-refractivity contribution in [2.75, 3.05) is 13.6 Å². The number of carboxylic acids is 1. The van der Waals surface area contributed by atoms with E-state index in [4.69, 9.17) is 19.9 Å². The van der Waals surface area contributed by atoms with Crippen LogP contribution in [0.5, 0.6) is 0 Å². The average molecular weight is 1130 g/mol. The molecular formula is C58H103N3O18. The molecule has 0 radical (unpaired) electrons. The van der Waals surface area contributed by atoms with Gasteiger partial charge in [0.25, 0.3) is 0 Å². The largest absolute Gasteiger partial charge is 0.481 e. The van der Waals surface area contributed by atoms with Crippen molar-refractivity contribution < 1.29 is 89.9 Å². The van der Waals surface area contributed by atoms with E-state index in [0.717, 1.165) is 37.8 Å². The fourth-order valence-corrected chi connectivity index (χ4v) is 10.5. The van der Waals surface area contributed by atoms with Crippen molar-refractivity contribution in [3.8, 4) is 0 Å². The first-order valence-corrected chi connectivity index (χ1v) is 28.7. The maximum absolute atomic E-state index is 13.9. The highest BCUT2D eigenvalue weighted by atomic mass is 16.7. The van der Waals surface area contributed by atoms with Crippen LogP contribution in [0.3, 0.4) is 0 Å². The Labute approximate surface area is 469 Å². The van der Waals surface area contributed by atoms with E-state index in [0.29, 0.717) is 30.8 Å². The van der Waals surface area contributed by atoms with E-state index < -0.39 is 145 Å². The number of ether oxygens (including phenoxy) is 3. The first-order chi connectivity index (χ1) is 36.9. The van der Waals surface area contributed by atoms with Crippen LogP contribution in [-0.4, -0.2) is 184 Å². The fraction of sp³-hybridized carbons (Fsp3) is 0.828. The van der Waals surface area contributed by atoms with Crippen LogP contribution in [0.25, 0.3) is 0 Å². The lowest BCUT2D eigenvalue weighted by atomic mass is 9.83. The predicted octanol–water partition coefficient (Wildman–Crippen LogP) is 3.28. The molecule has 21 heteroatoms. The zero-order valence-corrected chi connectivity index (χ0v) is 48.7. The van der Waals surface area contributed by atoms with E-state index in [1.54, 1.807) is 54.7 Å². The summed E-state index contributed by atoms with van der Waals surface area (Å²) in [6, 6.07) is 0. The monoisotopic (exact) mass is 1130 g/mol. The highest BCUT2D eigenvalue weighted by Crippen LogP contribution is 2.37. The average Bonchev–Trinajstić information content (AvgIpc) is 3.39. The standard InChI is InChI=1S/C58H103N3O18/c1-32(16-13-11-12-14-23-61-57(59)60-10)24-37(6)54-36(5)18-15-17-35(4)53(73)39(8)47(66)26-41(62)25-42(77-52(72)30-51(70)71)27-43-28-49(68)55(74)58(76,79-43)31-50(69)34(3)20-21-44(63)38(7)48(67)29-46(65)33(2)19-22-45(64)40(9)56(75)78-54/h16-17,19,22,33-34,36-50,53-55,62-69,73-74,76H,11-15,18,20-21,23-31H2,1-10H3,(H,70,71)(H3,59,60,61)/b22-19+,32-16+,35-17+. The molecule has 2 bridgehead atoms. The highest BCUT2D eigenvalue weighted by molar-refractivity contribution is 5.90. The van der Waals surface area contributed by atoms with Crippen molar-refractivity contribution >= 4 is 23.9 Å². The third-order valence-electron chi connectivity index (χ3n) is 16.3. The van der Waals surface area contributed by atoms with Crippen molar-refractivity contribution in [1.29, 1.82) is 0 Å². The molecule has 21 atom stereocenters. The summed E-state index contributed by atoms with van der Waals surface area (Å²) < 4.78 is 17.6. The van der Waals surface area contributed by atoms with Crippen LogP contribution < -0.4 is 11.1 Å². The Kier molecular flexibility index (Phi) is 32.1. The number of carbonyl (C=O) groups excluding carboxylic acids is 2. The van der Waals surface area contributed by atoms with E-state index >= 15 is 0 Å². The van der Waals surface area contributed by atoms with Gasteiger partial charge in [-0.05, 0) is 102 Å². The van der Waals surface area contributed by atoms with Crippen LogP contribution in [-0.2, 0) is 28.6 Å². The third kappa shape index (κ3) is 25.2. The van der Waals surface area contributed by atoms with Crippen molar-refractivity contribution in [3.05, 3.63) is 35.5 Å². The molecule has 0 saturated carbocycles. The molecule has 15 N–H and O–H groups in total. The minimum atomic E-state index is -2.54. The molecule has 21 unspecified atom stereocenters. The molecule has 1 fully saturated rings. The van der Waals surface area contributed by atoms with Gasteiger partial charge in [0, 0.05) is 63.5 Å². The van der Waals surface area contributed by atoms with Gasteiger partial charge in [-0.25, -0.2) is 0 Å². The number of aliphatic hydroxyl groups is 11. The summed E-state index contributed by atoms with van der Waals surface area (Å²) >= 11 is 0. The summed E-state index contributed by atoms with van der Waals surface area (Å²) in [6.07, 6.45) is -6.82. The molecular weight excluding hydrogens is 1030 g/mol. The number of aliphatic hydroxyl groups excluding tert-OH is 10. The summed E-state index contributed by atoms with van der Waals surface area (Å²) in [5.74, 6) is -9.51. The molecule has 0 spiro atoms. The van der Waals surface area contributed by atoms with E-state index in [1.165, 1.54) is 6.08 Å². The number of hydrogen-bond acceptors (Lipinski definition) is 18. The molecule has 2 rings (SSSR count). The van der Waals surface area contributed by atoms with E-state index in [2.05, 4.69) is 16.4 Å². The van der Waals surface area contributed by atoms with Crippen molar-refractivity contribution in [2.24, 2.45) is 52.2 Å². The van der Waals surface area contributed by atoms with Crippen molar-refractivity contribution in [3.63, 3.8) is 0 Å². The molecule has 0 aromatic heterocycles. The Hall–Kier alpha value is -3.58. The lowest BCUT2D eigenvalue weighted by Crippen LogP contribution is -2.60. The van der Waals surface area contributed by atoms with Gasteiger partial charge in [0.15, 0.2) is 11.7 Å². The minimum Gasteiger partial charge on any atom is -0.481 e. The maximum atomic E-state index is 13.9. The van der Waals surface area contributed by atoms with Crippen LogP contribution in [0, 0.1) is 41.4 Å². The molecule has 2 heterocycles. The summed E-state index contributed by atoms with van der Waals surface area (Å²) in [6.45, 7) is 16.6. The van der Waals surface area contributed by atoms with Crippen LogP contribution >= 0.6 is 0 Å². The smallest absolute Gasteiger partial charge is 0.317 e. The van der Waals surface area contributed by atoms with E-state index in [-0.39, 0.29) is 56.8 Å². The van der Waals surface area contributed by atoms with E-state index in [9.17, 15) is 75.7 Å².